The van der Waals surface area contributed by atoms with Crippen molar-refractivity contribution in [1.82, 2.24) is 9.88 Å². The van der Waals surface area contributed by atoms with Crippen molar-refractivity contribution in [2.24, 2.45) is 0 Å². The number of piperidine rings is 1. The van der Waals surface area contributed by atoms with Crippen LogP contribution >= 0.6 is 27.3 Å². The third kappa shape index (κ3) is 2.68. The first-order valence-corrected chi connectivity index (χ1v) is 6.37. The molecule has 14 heavy (non-hydrogen) atoms. The van der Waals surface area contributed by atoms with Crippen LogP contribution in [0.5, 0.6) is 5.19 Å². The van der Waals surface area contributed by atoms with Crippen LogP contribution in [0.3, 0.4) is 0 Å². The Balaban J connectivity index is 1.86. The summed E-state index contributed by atoms with van der Waals surface area (Å²) >= 11 is 4.87. The maximum Gasteiger partial charge on any atom is 0.274 e. The van der Waals surface area contributed by atoms with Crippen LogP contribution in [0.25, 0.3) is 0 Å². The van der Waals surface area contributed by atoms with E-state index in [0.717, 1.165) is 35.7 Å². The van der Waals surface area contributed by atoms with Crippen LogP contribution in [0.15, 0.2) is 9.98 Å². The fourth-order valence-corrected chi connectivity index (χ4v) is 2.69. The molecule has 1 aromatic heterocycles. The number of halogens is 1. The highest BCUT2D eigenvalue weighted by atomic mass is 79.9. The highest BCUT2D eigenvalue weighted by molar-refractivity contribution is 9.10. The predicted octanol–water partition coefficient (Wildman–Crippen LogP) is 2.38. The fourth-order valence-electron chi connectivity index (χ4n) is 1.54. The first kappa shape index (κ1) is 10.4. The summed E-state index contributed by atoms with van der Waals surface area (Å²) in [5.41, 5.74) is 0. The Morgan fingerprint density at radius 2 is 2.29 bits per heavy atom. The van der Waals surface area contributed by atoms with E-state index in [1.54, 1.807) is 11.3 Å². The lowest BCUT2D eigenvalue weighted by atomic mass is 10.1. The summed E-state index contributed by atoms with van der Waals surface area (Å²) in [6.07, 6.45) is 2.56. The lowest BCUT2D eigenvalue weighted by Gasteiger charge is -2.28. The minimum atomic E-state index is 0.351. The van der Waals surface area contributed by atoms with Crippen LogP contribution in [0.2, 0.25) is 0 Å². The molecule has 0 amide bonds. The van der Waals surface area contributed by atoms with Gasteiger partial charge < -0.3 is 9.64 Å². The van der Waals surface area contributed by atoms with E-state index in [9.17, 15) is 0 Å². The van der Waals surface area contributed by atoms with Gasteiger partial charge in [-0.3, -0.25) is 0 Å². The van der Waals surface area contributed by atoms with Crippen LogP contribution in [0.1, 0.15) is 12.8 Å². The summed E-state index contributed by atoms with van der Waals surface area (Å²) in [4.78, 5) is 6.55. The van der Waals surface area contributed by atoms with Gasteiger partial charge in [-0.25, -0.2) is 0 Å². The highest BCUT2D eigenvalue weighted by Gasteiger charge is 2.18. The normalized spacial score (nSPS) is 19.9. The zero-order valence-electron chi connectivity index (χ0n) is 8.07. The molecule has 0 atom stereocenters. The van der Waals surface area contributed by atoms with Crippen LogP contribution < -0.4 is 4.74 Å². The number of rotatable bonds is 2. The second-order valence-corrected chi connectivity index (χ2v) is 5.19. The first-order chi connectivity index (χ1) is 6.74. The van der Waals surface area contributed by atoms with Crippen molar-refractivity contribution in [3.63, 3.8) is 0 Å². The maximum absolute atomic E-state index is 5.78. The quantitative estimate of drug-likeness (QED) is 0.830. The van der Waals surface area contributed by atoms with Gasteiger partial charge in [0.2, 0.25) is 0 Å². The number of aromatic nitrogens is 1. The van der Waals surface area contributed by atoms with Gasteiger partial charge in [0.1, 0.15) is 10.7 Å². The minimum Gasteiger partial charge on any atom is -0.467 e. The smallest absolute Gasteiger partial charge is 0.274 e. The zero-order chi connectivity index (χ0) is 9.97. The highest BCUT2D eigenvalue weighted by Crippen LogP contribution is 2.24. The van der Waals surface area contributed by atoms with E-state index < -0.39 is 0 Å². The molecule has 0 bridgehead atoms. The molecule has 0 N–H and O–H groups in total. The molecule has 0 radical (unpaired) electrons. The summed E-state index contributed by atoms with van der Waals surface area (Å²) in [6, 6.07) is 0. The van der Waals surface area contributed by atoms with E-state index in [0.29, 0.717) is 6.10 Å². The van der Waals surface area contributed by atoms with Crippen LogP contribution in [-0.2, 0) is 0 Å². The van der Waals surface area contributed by atoms with Crippen molar-refractivity contribution >= 4 is 27.3 Å². The molecule has 2 rings (SSSR count). The molecule has 1 aliphatic heterocycles. The number of hydrogen-bond donors (Lipinski definition) is 0. The molecule has 0 saturated carbocycles. The van der Waals surface area contributed by atoms with E-state index >= 15 is 0 Å². The number of likely N-dealkylation sites (tertiary alicyclic amines) is 1. The lowest BCUT2D eigenvalue weighted by molar-refractivity contribution is 0.114. The standard InChI is InChI=1S/C9H13BrN2OS/c1-12-4-2-7(3-5-12)13-9-11-8(10)6-14-9/h6-7H,2-5H2,1H3. The Bertz CT molecular complexity index is 297. The third-order valence-corrected chi connectivity index (χ3v) is 3.83. The van der Waals surface area contributed by atoms with Crippen molar-refractivity contribution in [2.75, 3.05) is 20.1 Å². The SMILES string of the molecule is CN1CCC(Oc2nc(Br)cs2)CC1. The molecule has 0 spiro atoms. The number of nitrogens with zero attached hydrogens (tertiary/aromatic N) is 2. The third-order valence-electron chi connectivity index (χ3n) is 2.39. The second kappa shape index (κ2) is 4.59. The first-order valence-electron chi connectivity index (χ1n) is 4.70. The van der Waals surface area contributed by atoms with E-state index in [1.165, 1.54) is 0 Å². The average Bonchev–Trinajstić information content (AvgIpc) is 2.56. The van der Waals surface area contributed by atoms with Gasteiger partial charge in [0, 0.05) is 18.5 Å². The number of thiazole rings is 1. The van der Waals surface area contributed by atoms with Gasteiger partial charge in [-0.1, -0.05) is 11.3 Å². The molecule has 1 saturated heterocycles. The Morgan fingerprint density at radius 1 is 1.57 bits per heavy atom. The van der Waals surface area contributed by atoms with Gasteiger partial charge >= 0.3 is 0 Å². The van der Waals surface area contributed by atoms with Gasteiger partial charge in [-0.15, -0.1) is 0 Å². The Hall–Kier alpha value is -0.130. The molecule has 0 aliphatic carbocycles. The maximum atomic E-state index is 5.78. The van der Waals surface area contributed by atoms with Gasteiger partial charge in [0.25, 0.3) is 5.19 Å². The zero-order valence-corrected chi connectivity index (χ0v) is 10.5. The summed E-state index contributed by atoms with van der Waals surface area (Å²) in [6.45, 7) is 2.24. The van der Waals surface area contributed by atoms with Gasteiger partial charge in [0.15, 0.2) is 0 Å². The molecule has 5 heteroatoms. The van der Waals surface area contributed by atoms with Crippen LogP contribution in [-0.4, -0.2) is 36.1 Å². The second-order valence-electron chi connectivity index (χ2n) is 3.56. The van der Waals surface area contributed by atoms with Gasteiger partial charge in [-0.05, 0) is 35.8 Å². The van der Waals surface area contributed by atoms with Crippen molar-refractivity contribution in [3.05, 3.63) is 9.98 Å². The monoisotopic (exact) mass is 276 g/mol. The van der Waals surface area contributed by atoms with Crippen molar-refractivity contribution in [2.45, 2.75) is 18.9 Å². The fraction of sp³-hybridized carbons (Fsp3) is 0.667. The van der Waals surface area contributed by atoms with Crippen molar-refractivity contribution < 1.29 is 4.74 Å². The van der Waals surface area contributed by atoms with Crippen molar-refractivity contribution in [1.29, 1.82) is 0 Å². The molecular formula is C9H13BrN2OS. The molecule has 1 aromatic rings. The van der Waals surface area contributed by atoms with Gasteiger partial charge in [0.05, 0.1) is 0 Å². The van der Waals surface area contributed by atoms with E-state index in [1.807, 2.05) is 5.38 Å². The molecule has 0 unspecified atom stereocenters. The lowest BCUT2D eigenvalue weighted by Crippen LogP contribution is -2.35. The summed E-state index contributed by atoms with van der Waals surface area (Å²) in [7, 11) is 2.15. The molecule has 78 valence electrons. The summed E-state index contributed by atoms with van der Waals surface area (Å²) in [5, 5.41) is 2.73. The van der Waals surface area contributed by atoms with Crippen LogP contribution in [0, 0.1) is 0 Å². The van der Waals surface area contributed by atoms with Crippen LogP contribution in [0.4, 0.5) is 0 Å². The molecular weight excluding hydrogens is 264 g/mol. The predicted molar refractivity (Wildman–Crippen MR) is 61.0 cm³/mol. The van der Waals surface area contributed by atoms with Gasteiger partial charge in [-0.2, -0.15) is 4.98 Å². The Morgan fingerprint density at radius 3 is 2.86 bits per heavy atom. The minimum absolute atomic E-state index is 0.351. The summed E-state index contributed by atoms with van der Waals surface area (Å²) < 4.78 is 6.64. The molecule has 0 aromatic carbocycles. The Kier molecular flexibility index (Phi) is 3.41. The molecule has 3 nitrogen and oxygen atoms in total. The molecule has 1 aliphatic rings. The van der Waals surface area contributed by atoms with Crippen molar-refractivity contribution in [3.8, 4) is 5.19 Å². The van der Waals surface area contributed by atoms with E-state index in [-0.39, 0.29) is 0 Å². The average molecular weight is 277 g/mol. The largest absolute Gasteiger partial charge is 0.467 e. The molecule has 1 fully saturated rings. The van der Waals surface area contributed by atoms with E-state index in [2.05, 4.69) is 32.9 Å². The van der Waals surface area contributed by atoms with E-state index in [4.69, 9.17) is 4.74 Å². The Labute approximate surface area is 96.2 Å². The topological polar surface area (TPSA) is 25.4 Å². The molecule has 2 heterocycles. The number of hydrogen-bond acceptors (Lipinski definition) is 4. The summed E-state index contributed by atoms with van der Waals surface area (Å²) in [5.74, 6) is 0. The number of ether oxygens (including phenoxy) is 1.